The molecule has 6 nitrogen and oxygen atoms in total. The van der Waals surface area contributed by atoms with E-state index in [-0.39, 0.29) is 12.5 Å². The van der Waals surface area contributed by atoms with Crippen LogP contribution in [0.4, 0.5) is 5.69 Å². The van der Waals surface area contributed by atoms with E-state index in [1.807, 2.05) is 6.92 Å². The standard InChI is InChI=1S/C15H21ClN2O4/c1-4-9(2)14(15(20)21)18-13(19)8-17-11-7-10(16)5-6-12(11)22-3/h5-7,9,14,17H,4,8H2,1-3H3,(H,18,19)(H,20,21)/t9-,14-/m0/s1. The second kappa shape index (κ2) is 8.48. The topological polar surface area (TPSA) is 87.7 Å². The van der Waals surface area contributed by atoms with E-state index in [0.717, 1.165) is 0 Å². The number of carboxylic acid groups (broad SMARTS) is 1. The highest BCUT2D eigenvalue weighted by molar-refractivity contribution is 6.30. The van der Waals surface area contributed by atoms with Gasteiger partial charge in [-0.3, -0.25) is 4.79 Å². The van der Waals surface area contributed by atoms with Gasteiger partial charge in [-0.2, -0.15) is 0 Å². The molecule has 0 spiro atoms. The minimum absolute atomic E-state index is 0.0725. The number of halogens is 1. The van der Waals surface area contributed by atoms with Gasteiger partial charge in [0, 0.05) is 5.02 Å². The fourth-order valence-corrected chi connectivity index (χ4v) is 2.07. The predicted molar refractivity (Wildman–Crippen MR) is 85.5 cm³/mol. The van der Waals surface area contributed by atoms with Crippen molar-refractivity contribution in [2.75, 3.05) is 19.0 Å². The third-order valence-electron chi connectivity index (χ3n) is 3.40. The molecule has 0 bridgehead atoms. The molecule has 0 unspecified atom stereocenters. The van der Waals surface area contributed by atoms with E-state index in [0.29, 0.717) is 22.9 Å². The van der Waals surface area contributed by atoms with E-state index in [2.05, 4.69) is 10.6 Å². The van der Waals surface area contributed by atoms with Gasteiger partial charge in [-0.25, -0.2) is 4.79 Å². The van der Waals surface area contributed by atoms with Crippen LogP contribution in [0.3, 0.4) is 0 Å². The number of amides is 1. The van der Waals surface area contributed by atoms with Crippen LogP contribution in [0.25, 0.3) is 0 Å². The number of ether oxygens (including phenoxy) is 1. The Morgan fingerprint density at radius 3 is 2.64 bits per heavy atom. The summed E-state index contributed by atoms with van der Waals surface area (Å²) in [5.74, 6) is -1.05. The van der Waals surface area contributed by atoms with Gasteiger partial charge in [-0.05, 0) is 24.1 Å². The third-order valence-corrected chi connectivity index (χ3v) is 3.63. The largest absolute Gasteiger partial charge is 0.495 e. The first kappa shape index (κ1) is 18.1. The number of aliphatic carboxylic acids is 1. The number of nitrogens with one attached hydrogen (secondary N) is 2. The zero-order valence-corrected chi connectivity index (χ0v) is 13.6. The van der Waals surface area contributed by atoms with Gasteiger partial charge >= 0.3 is 5.97 Å². The van der Waals surface area contributed by atoms with Crippen molar-refractivity contribution in [3.05, 3.63) is 23.2 Å². The van der Waals surface area contributed by atoms with Gasteiger partial charge in [0.25, 0.3) is 0 Å². The second-order valence-electron chi connectivity index (χ2n) is 4.97. The molecule has 7 heteroatoms. The smallest absolute Gasteiger partial charge is 0.326 e. The molecule has 1 aromatic carbocycles. The molecule has 0 aliphatic heterocycles. The van der Waals surface area contributed by atoms with E-state index in [1.165, 1.54) is 7.11 Å². The van der Waals surface area contributed by atoms with E-state index < -0.39 is 17.9 Å². The van der Waals surface area contributed by atoms with Crippen LogP contribution in [0.2, 0.25) is 5.02 Å². The van der Waals surface area contributed by atoms with Crippen LogP contribution in [0, 0.1) is 5.92 Å². The second-order valence-corrected chi connectivity index (χ2v) is 5.40. The Morgan fingerprint density at radius 1 is 1.41 bits per heavy atom. The Hall–Kier alpha value is -1.95. The van der Waals surface area contributed by atoms with Crippen LogP contribution in [0.1, 0.15) is 20.3 Å². The maximum absolute atomic E-state index is 11.9. The van der Waals surface area contributed by atoms with Gasteiger partial charge < -0.3 is 20.5 Å². The lowest BCUT2D eigenvalue weighted by atomic mass is 9.99. The Balaban J connectivity index is 2.66. The zero-order valence-electron chi connectivity index (χ0n) is 12.9. The molecule has 122 valence electrons. The summed E-state index contributed by atoms with van der Waals surface area (Å²) in [6.07, 6.45) is 0.660. The summed E-state index contributed by atoms with van der Waals surface area (Å²) in [7, 11) is 1.51. The molecule has 0 aliphatic rings. The lowest BCUT2D eigenvalue weighted by Gasteiger charge is -2.20. The molecule has 1 amide bonds. The molecule has 0 saturated heterocycles. The van der Waals surface area contributed by atoms with Crippen LogP contribution in [0.15, 0.2) is 18.2 Å². The minimum atomic E-state index is -1.04. The van der Waals surface area contributed by atoms with Crippen molar-refractivity contribution in [2.45, 2.75) is 26.3 Å². The summed E-state index contributed by atoms with van der Waals surface area (Å²) in [6, 6.07) is 4.09. The molecule has 0 fully saturated rings. The Bertz CT molecular complexity index is 536. The summed E-state index contributed by atoms with van der Waals surface area (Å²) in [5, 5.41) is 15.1. The van der Waals surface area contributed by atoms with E-state index in [4.69, 9.17) is 21.4 Å². The van der Waals surface area contributed by atoms with Gasteiger partial charge in [0.05, 0.1) is 19.3 Å². The fraction of sp³-hybridized carbons (Fsp3) is 0.467. The van der Waals surface area contributed by atoms with Crippen LogP contribution >= 0.6 is 11.6 Å². The number of carbonyl (C=O) groups is 2. The highest BCUT2D eigenvalue weighted by Crippen LogP contribution is 2.27. The molecule has 1 aromatic rings. The Morgan fingerprint density at radius 2 is 2.09 bits per heavy atom. The molecule has 1 rings (SSSR count). The van der Waals surface area contributed by atoms with Crippen molar-refractivity contribution in [3.8, 4) is 5.75 Å². The summed E-state index contributed by atoms with van der Waals surface area (Å²) in [5.41, 5.74) is 0.570. The molecular formula is C15H21ClN2O4. The first-order chi connectivity index (χ1) is 10.4. The first-order valence-corrected chi connectivity index (χ1v) is 7.36. The average molecular weight is 329 g/mol. The summed E-state index contributed by atoms with van der Waals surface area (Å²) < 4.78 is 5.16. The number of hydrogen-bond acceptors (Lipinski definition) is 4. The molecular weight excluding hydrogens is 308 g/mol. The molecule has 0 aromatic heterocycles. The van der Waals surface area contributed by atoms with Gasteiger partial charge in [0.2, 0.25) is 5.91 Å². The molecule has 0 saturated carbocycles. The van der Waals surface area contributed by atoms with Gasteiger partial charge in [0.1, 0.15) is 11.8 Å². The average Bonchev–Trinajstić information content (AvgIpc) is 2.49. The monoisotopic (exact) mass is 328 g/mol. The number of benzene rings is 1. The number of hydrogen-bond donors (Lipinski definition) is 3. The van der Waals surface area contributed by atoms with Crippen molar-refractivity contribution in [1.82, 2.24) is 5.32 Å². The van der Waals surface area contributed by atoms with Gasteiger partial charge in [0.15, 0.2) is 0 Å². The van der Waals surface area contributed by atoms with Crippen molar-refractivity contribution in [3.63, 3.8) is 0 Å². The maximum Gasteiger partial charge on any atom is 0.326 e. The van der Waals surface area contributed by atoms with Crippen LogP contribution < -0.4 is 15.4 Å². The lowest BCUT2D eigenvalue weighted by Crippen LogP contribution is -2.46. The van der Waals surface area contributed by atoms with Crippen molar-refractivity contribution in [2.24, 2.45) is 5.92 Å². The van der Waals surface area contributed by atoms with E-state index >= 15 is 0 Å². The highest BCUT2D eigenvalue weighted by atomic mass is 35.5. The normalized spacial score (nSPS) is 13.1. The lowest BCUT2D eigenvalue weighted by molar-refractivity contribution is -0.143. The fourth-order valence-electron chi connectivity index (χ4n) is 1.90. The first-order valence-electron chi connectivity index (χ1n) is 6.98. The van der Waals surface area contributed by atoms with Gasteiger partial charge in [-0.1, -0.05) is 31.9 Å². The van der Waals surface area contributed by atoms with Gasteiger partial charge in [-0.15, -0.1) is 0 Å². The summed E-state index contributed by atoms with van der Waals surface area (Å²) in [6.45, 7) is 3.59. The molecule has 3 N–H and O–H groups in total. The van der Waals surface area contributed by atoms with Crippen LogP contribution in [-0.4, -0.2) is 36.7 Å². The van der Waals surface area contributed by atoms with Crippen LogP contribution in [-0.2, 0) is 9.59 Å². The van der Waals surface area contributed by atoms with Crippen molar-refractivity contribution >= 4 is 29.2 Å². The number of carbonyl (C=O) groups excluding carboxylic acids is 1. The number of methoxy groups -OCH3 is 1. The maximum atomic E-state index is 11.9. The molecule has 0 aliphatic carbocycles. The highest BCUT2D eigenvalue weighted by Gasteiger charge is 2.25. The molecule has 22 heavy (non-hydrogen) atoms. The number of carboxylic acids is 1. The Kier molecular flexibility index (Phi) is 6.98. The summed E-state index contributed by atoms with van der Waals surface area (Å²) >= 11 is 5.90. The minimum Gasteiger partial charge on any atom is -0.495 e. The van der Waals surface area contributed by atoms with Crippen LogP contribution in [0.5, 0.6) is 5.75 Å². The Labute approximate surface area is 134 Å². The van der Waals surface area contributed by atoms with Crippen molar-refractivity contribution < 1.29 is 19.4 Å². The SMILES string of the molecule is CC[C@H](C)[C@H](NC(=O)CNc1cc(Cl)ccc1OC)C(=O)O. The number of anilines is 1. The summed E-state index contributed by atoms with van der Waals surface area (Å²) in [4.78, 5) is 23.1. The molecule has 0 heterocycles. The van der Waals surface area contributed by atoms with E-state index in [1.54, 1.807) is 25.1 Å². The van der Waals surface area contributed by atoms with E-state index in [9.17, 15) is 9.59 Å². The number of rotatable bonds is 8. The van der Waals surface area contributed by atoms with Crippen molar-refractivity contribution in [1.29, 1.82) is 0 Å². The quantitative estimate of drug-likeness (QED) is 0.682. The zero-order chi connectivity index (χ0) is 16.7. The third kappa shape index (κ3) is 5.11. The molecule has 2 atom stereocenters. The molecule has 0 radical (unpaired) electrons. The predicted octanol–water partition coefficient (Wildman–Crippen LogP) is 2.38.